The highest BCUT2D eigenvalue weighted by Crippen LogP contribution is 2.21. The largest absolute Gasteiger partial charge is 0.466 e. The number of esters is 1. The number of carbonyl (C=O) groups excluding carboxylic acids is 3. The van der Waals surface area contributed by atoms with Crippen molar-refractivity contribution in [3.63, 3.8) is 0 Å². The van der Waals surface area contributed by atoms with Crippen molar-refractivity contribution in [1.82, 2.24) is 9.88 Å². The zero-order valence-electron chi connectivity index (χ0n) is 16.5. The van der Waals surface area contributed by atoms with E-state index in [0.717, 1.165) is 12.8 Å². The Kier molecular flexibility index (Phi) is 7.34. The number of urea groups is 1. The summed E-state index contributed by atoms with van der Waals surface area (Å²) in [5.41, 5.74) is 0.988. The quantitative estimate of drug-likeness (QED) is 0.680. The van der Waals surface area contributed by atoms with Crippen LogP contribution in [0.4, 0.5) is 20.0 Å². The molecule has 1 unspecified atom stereocenters. The Bertz CT molecular complexity index is 902. The first-order valence-electron chi connectivity index (χ1n) is 9.67. The summed E-state index contributed by atoms with van der Waals surface area (Å²) >= 11 is 1.20. The van der Waals surface area contributed by atoms with Crippen molar-refractivity contribution in [1.29, 1.82) is 0 Å². The van der Waals surface area contributed by atoms with Crippen LogP contribution in [0, 0.1) is 11.7 Å². The van der Waals surface area contributed by atoms with Crippen molar-refractivity contribution < 1.29 is 23.5 Å². The van der Waals surface area contributed by atoms with Gasteiger partial charge < -0.3 is 15.0 Å². The van der Waals surface area contributed by atoms with Crippen molar-refractivity contribution >= 4 is 40.1 Å². The minimum Gasteiger partial charge on any atom is -0.466 e. The van der Waals surface area contributed by atoms with Crippen molar-refractivity contribution in [2.75, 3.05) is 30.3 Å². The summed E-state index contributed by atoms with van der Waals surface area (Å²) in [6.07, 6.45) is 1.56. The van der Waals surface area contributed by atoms with Gasteiger partial charge in [-0.25, -0.2) is 14.2 Å². The maximum Gasteiger partial charge on any atom is 0.325 e. The molecule has 1 atom stereocenters. The number of carbonyl (C=O) groups is 3. The normalized spacial score (nSPS) is 16.1. The molecule has 0 radical (unpaired) electrons. The molecule has 0 spiro atoms. The minimum atomic E-state index is -0.512. The number of likely N-dealkylation sites (tertiary alicyclic amines) is 1. The number of hydrogen-bond donors (Lipinski definition) is 2. The van der Waals surface area contributed by atoms with Gasteiger partial charge in [-0.3, -0.25) is 14.9 Å². The molecule has 1 aliphatic rings. The van der Waals surface area contributed by atoms with Crippen LogP contribution in [0.25, 0.3) is 0 Å². The molecule has 1 saturated heterocycles. The first kappa shape index (κ1) is 21.7. The van der Waals surface area contributed by atoms with Crippen LogP contribution in [-0.2, 0) is 20.7 Å². The number of piperidine rings is 1. The lowest BCUT2D eigenvalue weighted by atomic mass is 9.98. The van der Waals surface area contributed by atoms with Crippen molar-refractivity contribution in [2.45, 2.75) is 26.2 Å². The van der Waals surface area contributed by atoms with Crippen LogP contribution < -0.4 is 10.6 Å². The molecular weight excluding hydrogens is 411 g/mol. The number of nitrogens with zero attached hydrogens (tertiary/aromatic N) is 2. The number of benzene rings is 1. The van der Waals surface area contributed by atoms with E-state index in [0.29, 0.717) is 36.2 Å². The van der Waals surface area contributed by atoms with E-state index in [1.165, 1.54) is 35.6 Å². The lowest BCUT2D eigenvalue weighted by molar-refractivity contribution is -0.151. The highest BCUT2D eigenvalue weighted by molar-refractivity contribution is 7.14. The number of nitrogens with one attached hydrogen (secondary N) is 2. The molecular formula is C20H23FN4O4S. The van der Waals surface area contributed by atoms with Gasteiger partial charge in [0.15, 0.2) is 5.13 Å². The van der Waals surface area contributed by atoms with Crippen molar-refractivity contribution in [3.8, 4) is 0 Å². The molecule has 1 aromatic carbocycles. The monoisotopic (exact) mass is 434 g/mol. The molecule has 0 bridgehead atoms. The van der Waals surface area contributed by atoms with Gasteiger partial charge >= 0.3 is 12.0 Å². The number of anilines is 2. The van der Waals surface area contributed by atoms with Crippen LogP contribution >= 0.6 is 11.3 Å². The number of rotatable bonds is 6. The molecule has 30 heavy (non-hydrogen) atoms. The van der Waals surface area contributed by atoms with Gasteiger partial charge in [-0.2, -0.15) is 0 Å². The molecule has 10 heteroatoms. The SMILES string of the molecule is CCOC(=O)C1CCCN(C(=O)Cc2csc(NC(=O)Nc3ccc(F)cc3)n2)C1. The second-order valence-corrected chi connectivity index (χ2v) is 7.70. The topological polar surface area (TPSA) is 101 Å². The molecule has 1 aliphatic heterocycles. The minimum absolute atomic E-state index is 0.0906. The lowest BCUT2D eigenvalue weighted by Gasteiger charge is -2.31. The van der Waals surface area contributed by atoms with Gasteiger partial charge in [0, 0.05) is 24.2 Å². The van der Waals surface area contributed by atoms with E-state index >= 15 is 0 Å². The van der Waals surface area contributed by atoms with Gasteiger partial charge in [0.05, 0.1) is 24.6 Å². The molecule has 0 aliphatic carbocycles. The number of aromatic nitrogens is 1. The Labute approximate surface area is 177 Å². The third-order valence-corrected chi connectivity index (χ3v) is 5.41. The molecule has 3 rings (SSSR count). The van der Waals surface area contributed by atoms with E-state index in [4.69, 9.17) is 4.74 Å². The third kappa shape index (κ3) is 5.99. The van der Waals surface area contributed by atoms with Gasteiger partial charge in [-0.1, -0.05) is 0 Å². The average Bonchev–Trinajstić information content (AvgIpc) is 3.16. The van der Waals surface area contributed by atoms with E-state index < -0.39 is 11.8 Å². The second-order valence-electron chi connectivity index (χ2n) is 6.84. The highest BCUT2D eigenvalue weighted by atomic mass is 32.1. The molecule has 1 aromatic heterocycles. The number of hydrogen-bond acceptors (Lipinski definition) is 6. The number of amides is 3. The molecule has 8 nitrogen and oxygen atoms in total. The fraction of sp³-hybridized carbons (Fsp3) is 0.400. The smallest absolute Gasteiger partial charge is 0.325 e. The van der Waals surface area contributed by atoms with E-state index in [1.54, 1.807) is 17.2 Å². The summed E-state index contributed by atoms with van der Waals surface area (Å²) in [7, 11) is 0. The summed E-state index contributed by atoms with van der Waals surface area (Å²) < 4.78 is 18.0. The van der Waals surface area contributed by atoms with Crippen LogP contribution in [0.2, 0.25) is 0 Å². The molecule has 2 heterocycles. The van der Waals surface area contributed by atoms with Gasteiger partial charge in [0.2, 0.25) is 5.91 Å². The third-order valence-electron chi connectivity index (χ3n) is 4.60. The number of halogens is 1. The van der Waals surface area contributed by atoms with Crippen molar-refractivity contribution in [2.24, 2.45) is 5.92 Å². The zero-order chi connectivity index (χ0) is 21.5. The van der Waals surface area contributed by atoms with Crippen LogP contribution in [0.15, 0.2) is 29.6 Å². The number of ether oxygens (including phenoxy) is 1. The maximum absolute atomic E-state index is 12.9. The van der Waals surface area contributed by atoms with Gasteiger partial charge in [0.1, 0.15) is 5.82 Å². The Morgan fingerprint density at radius 3 is 2.77 bits per heavy atom. The first-order chi connectivity index (χ1) is 14.4. The predicted molar refractivity (Wildman–Crippen MR) is 111 cm³/mol. The fourth-order valence-corrected chi connectivity index (χ4v) is 3.87. The summed E-state index contributed by atoms with van der Waals surface area (Å²) in [6, 6.07) is 4.87. The van der Waals surface area contributed by atoms with E-state index in [9.17, 15) is 18.8 Å². The van der Waals surface area contributed by atoms with Gasteiger partial charge in [-0.15, -0.1) is 11.3 Å². The zero-order valence-corrected chi connectivity index (χ0v) is 17.3. The van der Waals surface area contributed by atoms with E-state index in [2.05, 4.69) is 15.6 Å². The molecule has 1 fully saturated rings. The van der Waals surface area contributed by atoms with Crippen LogP contribution in [0.3, 0.4) is 0 Å². The molecule has 160 valence electrons. The molecule has 2 N–H and O–H groups in total. The first-order valence-corrected chi connectivity index (χ1v) is 10.5. The van der Waals surface area contributed by atoms with Crippen molar-refractivity contribution in [3.05, 3.63) is 41.2 Å². The summed E-state index contributed by atoms with van der Waals surface area (Å²) in [6.45, 7) is 3.04. The number of thiazole rings is 1. The molecule has 3 amide bonds. The molecule has 2 aromatic rings. The Hall–Kier alpha value is -3.01. The summed E-state index contributed by atoms with van der Waals surface area (Å²) in [4.78, 5) is 42.5. The van der Waals surface area contributed by atoms with Crippen LogP contribution in [-0.4, -0.2) is 47.5 Å². The van der Waals surface area contributed by atoms with Gasteiger partial charge in [0.25, 0.3) is 0 Å². The Morgan fingerprint density at radius 1 is 1.27 bits per heavy atom. The predicted octanol–water partition coefficient (Wildman–Crippen LogP) is 3.27. The lowest BCUT2D eigenvalue weighted by Crippen LogP contribution is -2.43. The average molecular weight is 434 g/mol. The Morgan fingerprint density at radius 2 is 2.03 bits per heavy atom. The van der Waals surface area contributed by atoms with Crippen LogP contribution in [0.1, 0.15) is 25.5 Å². The Balaban J connectivity index is 1.50. The van der Waals surface area contributed by atoms with E-state index in [-0.39, 0.29) is 24.2 Å². The standard InChI is InChI=1S/C20H23FN4O4S/c1-2-29-18(27)13-4-3-9-25(11-13)17(26)10-16-12-30-20(23-16)24-19(28)22-15-7-5-14(21)6-8-15/h5-8,12-13H,2-4,9-11H2,1H3,(H2,22,23,24,28). The summed E-state index contributed by atoms with van der Waals surface area (Å²) in [5.74, 6) is -1.05. The maximum atomic E-state index is 12.9. The summed E-state index contributed by atoms with van der Waals surface area (Å²) in [5, 5.41) is 7.22. The van der Waals surface area contributed by atoms with E-state index in [1.807, 2.05) is 0 Å². The van der Waals surface area contributed by atoms with Gasteiger partial charge in [-0.05, 0) is 44.0 Å². The second kappa shape index (κ2) is 10.1. The molecule has 0 saturated carbocycles. The fourth-order valence-electron chi connectivity index (χ4n) is 3.16. The van der Waals surface area contributed by atoms with Crippen LogP contribution in [0.5, 0.6) is 0 Å². The highest BCUT2D eigenvalue weighted by Gasteiger charge is 2.29.